The zero-order valence-electron chi connectivity index (χ0n) is 19.2. The Morgan fingerprint density at radius 1 is 1.39 bits per heavy atom. The van der Waals surface area contributed by atoms with Gasteiger partial charge in [0.05, 0.1) is 25.1 Å². The number of aliphatic hydroxyl groups is 1. The van der Waals surface area contributed by atoms with Gasteiger partial charge in [0, 0.05) is 5.92 Å². The predicted octanol–water partition coefficient (Wildman–Crippen LogP) is 1.31. The first-order valence-corrected chi connectivity index (χ1v) is 11.8. The summed E-state index contributed by atoms with van der Waals surface area (Å²) in [6, 6.07) is -0.807. The number of carbonyl (C=O) groups excluding carboxylic acids is 1. The van der Waals surface area contributed by atoms with E-state index >= 15 is 0 Å². The van der Waals surface area contributed by atoms with E-state index in [1.54, 1.807) is 25.3 Å². The van der Waals surface area contributed by atoms with E-state index in [2.05, 4.69) is 20.0 Å². The third-order valence-corrected chi connectivity index (χ3v) is 6.04. The van der Waals surface area contributed by atoms with Crippen molar-refractivity contribution in [1.29, 1.82) is 0 Å². The molecule has 182 valence electrons. The molecule has 3 rings (SSSR count). The summed E-state index contributed by atoms with van der Waals surface area (Å²) in [6.07, 6.45) is -1.14. The van der Waals surface area contributed by atoms with Crippen molar-refractivity contribution in [2.45, 2.75) is 65.2 Å². The minimum Gasteiger partial charge on any atom is -0.476 e. The third kappa shape index (κ3) is 5.74. The van der Waals surface area contributed by atoms with Crippen molar-refractivity contribution in [2.24, 2.45) is 5.92 Å². The van der Waals surface area contributed by atoms with Crippen LogP contribution in [0.4, 0.5) is 5.95 Å². The molecule has 0 amide bonds. The van der Waals surface area contributed by atoms with Gasteiger partial charge in [0.15, 0.2) is 17.4 Å². The highest BCUT2D eigenvalue weighted by molar-refractivity contribution is 7.36. The molecule has 14 heteroatoms. The van der Waals surface area contributed by atoms with Gasteiger partial charge in [-0.2, -0.15) is 9.97 Å². The second-order valence-corrected chi connectivity index (χ2v) is 8.98. The van der Waals surface area contributed by atoms with Gasteiger partial charge in [-0.1, -0.05) is 12.0 Å². The van der Waals surface area contributed by atoms with Crippen LogP contribution in [0.5, 0.6) is 5.88 Å². The SMILES string of the molecule is CCOc1nc(N)nc2c1ncn2[C@@H]1O[C@H](CO[P+](=O)N[C@@H](C)C(=O)OC(C)C)[C@@H](C)[C@H]1O. The van der Waals surface area contributed by atoms with Gasteiger partial charge in [-0.15, -0.1) is 4.52 Å². The number of esters is 1. The van der Waals surface area contributed by atoms with Gasteiger partial charge in [-0.25, -0.2) is 4.98 Å². The Morgan fingerprint density at radius 3 is 2.79 bits per heavy atom. The van der Waals surface area contributed by atoms with Crippen LogP contribution >= 0.6 is 8.18 Å². The Bertz CT molecular complexity index is 1000. The van der Waals surface area contributed by atoms with Gasteiger partial charge in [0.1, 0.15) is 18.8 Å². The number of carbonyl (C=O) groups is 1. The van der Waals surface area contributed by atoms with Gasteiger partial charge in [0.2, 0.25) is 11.8 Å². The fraction of sp³-hybridized carbons (Fsp3) is 0.684. The first-order chi connectivity index (χ1) is 15.6. The molecule has 0 radical (unpaired) electrons. The van der Waals surface area contributed by atoms with E-state index in [1.807, 2.05) is 6.92 Å². The topological polar surface area (TPSA) is 173 Å². The fourth-order valence-corrected chi connectivity index (χ4v) is 4.12. The van der Waals surface area contributed by atoms with Crippen molar-refractivity contribution in [1.82, 2.24) is 24.6 Å². The van der Waals surface area contributed by atoms with Gasteiger partial charge >= 0.3 is 14.1 Å². The number of ether oxygens (including phenoxy) is 3. The normalized spacial score (nSPS) is 24.3. The minimum absolute atomic E-state index is 0.00121. The highest BCUT2D eigenvalue weighted by Crippen LogP contribution is 2.37. The van der Waals surface area contributed by atoms with Crippen molar-refractivity contribution in [3.8, 4) is 5.88 Å². The van der Waals surface area contributed by atoms with E-state index in [0.29, 0.717) is 17.8 Å². The van der Waals surface area contributed by atoms with Crippen LogP contribution in [0.3, 0.4) is 0 Å². The van der Waals surface area contributed by atoms with Crippen molar-refractivity contribution in [2.75, 3.05) is 18.9 Å². The molecule has 0 aliphatic carbocycles. The number of hydrogen-bond acceptors (Lipinski definition) is 11. The van der Waals surface area contributed by atoms with Crippen LogP contribution in [0.15, 0.2) is 6.33 Å². The summed E-state index contributed by atoms with van der Waals surface area (Å²) in [7, 11) is -2.36. The number of aromatic nitrogens is 4. The molecule has 3 heterocycles. The lowest BCUT2D eigenvalue weighted by atomic mass is 10.0. The zero-order valence-corrected chi connectivity index (χ0v) is 20.1. The summed E-state index contributed by atoms with van der Waals surface area (Å²) in [5.41, 5.74) is 6.55. The molecule has 1 aliphatic heterocycles. The molecule has 0 saturated carbocycles. The minimum atomic E-state index is -2.36. The smallest absolute Gasteiger partial charge is 0.476 e. The summed E-state index contributed by atoms with van der Waals surface area (Å²) >= 11 is 0. The molecule has 33 heavy (non-hydrogen) atoms. The molecule has 2 aromatic heterocycles. The molecule has 0 bridgehead atoms. The van der Waals surface area contributed by atoms with Crippen LogP contribution < -0.4 is 15.6 Å². The maximum atomic E-state index is 12.2. The van der Waals surface area contributed by atoms with Gasteiger partial charge in [-0.05, 0) is 32.3 Å². The maximum absolute atomic E-state index is 12.2. The summed E-state index contributed by atoms with van der Waals surface area (Å²) in [4.78, 5) is 24.4. The Morgan fingerprint density at radius 2 is 2.12 bits per heavy atom. The predicted molar refractivity (Wildman–Crippen MR) is 117 cm³/mol. The van der Waals surface area contributed by atoms with Gasteiger partial charge in [-0.3, -0.25) is 9.36 Å². The van der Waals surface area contributed by atoms with E-state index in [-0.39, 0.29) is 30.5 Å². The van der Waals surface area contributed by atoms with Crippen LogP contribution in [0.1, 0.15) is 40.8 Å². The molecule has 0 aromatic carbocycles. The molecule has 1 fully saturated rings. The van der Waals surface area contributed by atoms with Crippen LogP contribution in [-0.2, 0) is 23.4 Å². The van der Waals surface area contributed by atoms with Crippen molar-refractivity contribution in [3.63, 3.8) is 0 Å². The number of anilines is 1. The molecule has 6 atom stereocenters. The Kier molecular flexibility index (Phi) is 8.14. The second kappa shape index (κ2) is 10.7. The molecule has 0 spiro atoms. The fourth-order valence-electron chi connectivity index (χ4n) is 3.34. The first kappa shape index (κ1) is 25.2. The monoisotopic (exact) mass is 485 g/mol. The molecule has 1 saturated heterocycles. The number of nitrogens with zero attached hydrogens (tertiary/aromatic N) is 4. The third-order valence-electron chi connectivity index (χ3n) is 5.05. The summed E-state index contributed by atoms with van der Waals surface area (Å²) in [6.45, 7) is 8.88. The van der Waals surface area contributed by atoms with Crippen LogP contribution in [0.2, 0.25) is 0 Å². The number of nitrogens with one attached hydrogen (secondary N) is 1. The molecule has 1 aliphatic rings. The van der Waals surface area contributed by atoms with Crippen molar-refractivity contribution in [3.05, 3.63) is 6.33 Å². The number of nitrogens with two attached hydrogens (primary N) is 1. The number of aliphatic hydroxyl groups excluding tert-OH is 1. The molecular weight excluding hydrogens is 455 g/mol. The molecule has 4 N–H and O–H groups in total. The average Bonchev–Trinajstić information content (AvgIpc) is 3.27. The van der Waals surface area contributed by atoms with Crippen molar-refractivity contribution < 1.29 is 33.2 Å². The number of nitrogen functional groups attached to an aromatic ring is 1. The Balaban J connectivity index is 1.66. The number of fused-ring (bicyclic) bond motifs is 1. The van der Waals surface area contributed by atoms with E-state index in [4.69, 9.17) is 24.5 Å². The Hall–Kier alpha value is -2.44. The summed E-state index contributed by atoms with van der Waals surface area (Å²) < 4.78 is 35.7. The molecule has 13 nitrogen and oxygen atoms in total. The van der Waals surface area contributed by atoms with E-state index in [9.17, 15) is 14.5 Å². The Labute approximate surface area is 191 Å². The van der Waals surface area contributed by atoms with Crippen LogP contribution in [0.25, 0.3) is 11.2 Å². The zero-order chi connectivity index (χ0) is 24.3. The lowest BCUT2D eigenvalue weighted by Crippen LogP contribution is -2.33. The van der Waals surface area contributed by atoms with E-state index in [1.165, 1.54) is 13.3 Å². The van der Waals surface area contributed by atoms with E-state index < -0.39 is 38.6 Å². The summed E-state index contributed by atoms with van der Waals surface area (Å²) in [5, 5.41) is 13.3. The first-order valence-electron chi connectivity index (χ1n) is 10.7. The number of rotatable bonds is 10. The van der Waals surface area contributed by atoms with Crippen LogP contribution in [-0.4, -0.2) is 68.2 Å². The lowest BCUT2D eigenvalue weighted by Gasteiger charge is -2.17. The number of hydrogen-bond donors (Lipinski definition) is 3. The van der Waals surface area contributed by atoms with E-state index in [0.717, 1.165) is 0 Å². The lowest BCUT2D eigenvalue weighted by molar-refractivity contribution is -0.149. The quantitative estimate of drug-likeness (QED) is 0.326. The standard InChI is InChI=1S/C19H30N6O7P/c1-6-29-16-13-15(22-19(20)23-16)25(8-21-13)17-14(26)10(4)12(32-17)7-30-33(28)24-11(5)18(27)31-9(2)3/h8-12,14,17,26H,6-7H2,1-5H3,(H,24,28)(H2,20,22,23)/q+1/t10-,11+,12-,14-,17-/m1/s1. The second-order valence-electron chi connectivity index (χ2n) is 7.95. The van der Waals surface area contributed by atoms with Gasteiger partial charge in [0.25, 0.3) is 0 Å². The van der Waals surface area contributed by atoms with Crippen molar-refractivity contribution >= 4 is 31.3 Å². The highest BCUT2D eigenvalue weighted by Gasteiger charge is 2.44. The summed E-state index contributed by atoms with van der Waals surface area (Å²) in [5.74, 6) is -0.643. The van der Waals surface area contributed by atoms with Gasteiger partial charge < -0.3 is 25.1 Å². The molecule has 2 aromatic rings. The largest absolute Gasteiger partial charge is 0.613 e. The molecule has 1 unspecified atom stereocenters. The average molecular weight is 485 g/mol. The highest BCUT2D eigenvalue weighted by atomic mass is 31.1. The number of imidazole rings is 1. The maximum Gasteiger partial charge on any atom is 0.613 e. The van der Waals surface area contributed by atoms with Crippen LogP contribution in [0, 0.1) is 5.92 Å². The molecular formula is C19H30N6O7P+.